The maximum atomic E-state index is 12.3. The number of nitrogens with one attached hydrogen (secondary N) is 1. The van der Waals surface area contributed by atoms with Crippen molar-refractivity contribution in [2.24, 2.45) is 0 Å². The molecule has 5 nitrogen and oxygen atoms in total. The number of para-hydroxylation sites is 1. The summed E-state index contributed by atoms with van der Waals surface area (Å²) in [5, 5.41) is 2.79. The van der Waals surface area contributed by atoms with E-state index in [4.69, 9.17) is 9.47 Å². The molecule has 0 aliphatic rings. The summed E-state index contributed by atoms with van der Waals surface area (Å²) in [6.07, 6.45) is 0.0336. The van der Waals surface area contributed by atoms with E-state index < -0.39 is 12.0 Å². The lowest BCUT2D eigenvalue weighted by atomic mass is 10.0. The first-order valence-electron chi connectivity index (χ1n) is 8.96. The second kappa shape index (κ2) is 9.37. The lowest BCUT2D eigenvalue weighted by Crippen LogP contribution is -2.29. The van der Waals surface area contributed by atoms with Gasteiger partial charge in [-0.05, 0) is 42.0 Å². The molecule has 0 saturated heterocycles. The number of rotatable bonds is 7. The van der Waals surface area contributed by atoms with Crippen molar-refractivity contribution in [2.75, 3.05) is 0 Å². The molecule has 0 aliphatic heterocycles. The van der Waals surface area contributed by atoms with Crippen molar-refractivity contribution in [1.29, 1.82) is 0 Å². The Labute approximate surface area is 163 Å². The molecule has 1 amide bonds. The van der Waals surface area contributed by atoms with Crippen LogP contribution in [0.2, 0.25) is 0 Å². The summed E-state index contributed by atoms with van der Waals surface area (Å²) in [5.41, 5.74) is 0.848. The van der Waals surface area contributed by atoms with Crippen molar-refractivity contribution in [2.45, 2.75) is 19.4 Å². The van der Waals surface area contributed by atoms with E-state index in [1.54, 1.807) is 24.3 Å². The molecule has 5 heteroatoms. The number of esters is 1. The van der Waals surface area contributed by atoms with Crippen molar-refractivity contribution >= 4 is 11.9 Å². The van der Waals surface area contributed by atoms with E-state index in [-0.39, 0.29) is 12.3 Å². The van der Waals surface area contributed by atoms with Gasteiger partial charge in [-0.15, -0.1) is 0 Å². The predicted octanol–water partition coefficient (Wildman–Crippen LogP) is 4.65. The number of benzene rings is 3. The van der Waals surface area contributed by atoms with Crippen LogP contribution in [0.1, 0.15) is 24.9 Å². The summed E-state index contributed by atoms with van der Waals surface area (Å²) in [6, 6.07) is 25.1. The molecule has 0 unspecified atom stereocenters. The second-order valence-corrected chi connectivity index (χ2v) is 6.23. The Morgan fingerprint density at radius 3 is 1.93 bits per heavy atom. The molecular weight excluding hydrogens is 354 g/mol. The number of hydrogen-bond donors (Lipinski definition) is 1. The minimum absolute atomic E-state index is 0.0336. The van der Waals surface area contributed by atoms with Gasteiger partial charge in [0.25, 0.3) is 0 Å². The highest BCUT2D eigenvalue weighted by Crippen LogP contribution is 2.24. The van der Waals surface area contributed by atoms with Gasteiger partial charge < -0.3 is 14.8 Å². The summed E-state index contributed by atoms with van der Waals surface area (Å²) in [4.78, 5) is 23.8. The zero-order valence-electron chi connectivity index (χ0n) is 15.5. The van der Waals surface area contributed by atoms with Gasteiger partial charge in [-0.2, -0.15) is 0 Å². The molecule has 3 aromatic carbocycles. The van der Waals surface area contributed by atoms with Gasteiger partial charge in [-0.1, -0.05) is 48.5 Å². The Morgan fingerprint density at radius 1 is 0.786 bits per heavy atom. The summed E-state index contributed by atoms with van der Waals surface area (Å²) in [6.45, 7) is 1.42. The quantitative estimate of drug-likeness (QED) is 0.482. The van der Waals surface area contributed by atoms with Gasteiger partial charge in [-0.25, -0.2) is 0 Å². The van der Waals surface area contributed by atoms with Crippen LogP contribution >= 0.6 is 0 Å². The van der Waals surface area contributed by atoms with E-state index in [1.165, 1.54) is 6.92 Å². The lowest BCUT2D eigenvalue weighted by Gasteiger charge is -2.17. The molecule has 3 rings (SSSR count). The molecule has 0 saturated carbocycles. The molecule has 3 aromatic rings. The van der Waals surface area contributed by atoms with E-state index in [0.29, 0.717) is 11.5 Å². The zero-order valence-corrected chi connectivity index (χ0v) is 15.5. The maximum absolute atomic E-state index is 12.3. The van der Waals surface area contributed by atoms with Gasteiger partial charge in [0.2, 0.25) is 5.91 Å². The fraction of sp³-hybridized carbons (Fsp3) is 0.130. The maximum Gasteiger partial charge on any atom is 0.313 e. The Bertz CT molecular complexity index is 908. The molecule has 0 radical (unpaired) electrons. The van der Waals surface area contributed by atoms with Gasteiger partial charge in [0.15, 0.2) is 0 Å². The molecule has 0 spiro atoms. The highest BCUT2D eigenvalue weighted by Gasteiger charge is 2.18. The smallest absolute Gasteiger partial charge is 0.313 e. The molecule has 0 bridgehead atoms. The average Bonchev–Trinajstić information content (AvgIpc) is 2.70. The normalized spacial score (nSPS) is 11.3. The van der Waals surface area contributed by atoms with E-state index in [2.05, 4.69) is 5.32 Å². The topological polar surface area (TPSA) is 64.6 Å². The summed E-state index contributed by atoms with van der Waals surface area (Å²) < 4.78 is 11.1. The van der Waals surface area contributed by atoms with Gasteiger partial charge >= 0.3 is 5.97 Å². The first-order valence-corrected chi connectivity index (χ1v) is 8.96. The van der Waals surface area contributed by atoms with Crippen LogP contribution in [-0.2, 0) is 9.59 Å². The SMILES string of the molecule is CC(=O)N[C@@H](CC(=O)Oc1ccc(Oc2ccccc2)cc1)c1ccccc1. The number of hydrogen-bond acceptors (Lipinski definition) is 4. The first kappa shape index (κ1) is 19.2. The van der Waals surface area contributed by atoms with E-state index in [0.717, 1.165) is 11.3 Å². The minimum atomic E-state index is -0.438. The van der Waals surface area contributed by atoms with Gasteiger partial charge in [0, 0.05) is 6.92 Å². The highest BCUT2D eigenvalue weighted by atomic mass is 16.5. The number of amides is 1. The summed E-state index contributed by atoms with van der Waals surface area (Å²) in [5.74, 6) is 1.16. The van der Waals surface area contributed by atoms with Crippen LogP contribution < -0.4 is 14.8 Å². The van der Waals surface area contributed by atoms with Crippen molar-refractivity contribution < 1.29 is 19.1 Å². The predicted molar refractivity (Wildman–Crippen MR) is 106 cm³/mol. The number of ether oxygens (including phenoxy) is 2. The lowest BCUT2D eigenvalue weighted by molar-refractivity contribution is -0.135. The van der Waals surface area contributed by atoms with Crippen LogP contribution in [0, 0.1) is 0 Å². The third-order valence-corrected chi connectivity index (χ3v) is 3.98. The Balaban J connectivity index is 1.60. The fourth-order valence-corrected chi connectivity index (χ4v) is 2.72. The summed E-state index contributed by atoms with van der Waals surface area (Å²) in [7, 11) is 0. The number of carbonyl (C=O) groups excluding carboxylic acids is 2. The van der Waals surface area contributed by atoms with Gasteiger partial charge in [0.1, 0.15) is 17.2 Å². The Kier molecular flexibility index (Phi) is 6.41. The van der Waals surface area contributed by atoms with Gasteiger partial charge in [0.05, 0.1) is 12.5 Å². The van der Waals surface area contributed by atoms with E-state index in [9.17, 15) is 9.59 Å². The van der Waals surface area contributed by atoms with Crippen molar-refractivity contribution in [3.05, 3.63) is 90.5 Å². The van der Waals surface area contributed by atoms with Crippen LogP contribution in [-0.4, -0.2) is 11.9 Å². The molecule has 28 heavy (non-hydrogen) atoms. The van der Waals surface area contributed by atoms with Crippen molar-refractivity contribution in [1.82, 2.24) is 5.32 Å². The molecule has 0 aliphatic carbocycles. The standard InChI is InChI=1S/C23H21NO4/c1-17(25)24-22(18-8-4-2-5-9-18)16-23(26)28-21-14-12-20(13-15-21)27-19-10-6-3-7-11-19/h2-15,22H,16H2,1H3,(H,24,25)/t22-/m0/s1. The molecule has 1 atom stereocenters. The minimum Gasteiger partial charge on any atom is -0.457 e. The van der Waals surface area contributed by atoms with Crippen LogP contribution in [0.15, 0.2) is 84.9 Å². The van der Waals surface area contributed by atoms with E-state index >= 15 is 0 Å². The van der Waals surface area contributed by atoms with Crippen molar-refractivity contribution in [3.8, 4) is 17.2 Å². The van der Waals surface area contributed by atoms with Crippen molar-refractivity contribution in [3.63, 3.8) is 0 Å². The highest BCUT2D eigenvalue weighted by molar-refractivity contribution is 5.77. The fourth-order valence-electron chi connectivity index (χ4n) is 2.72. The third kappa shape index (κ3) is 5.71. The van der Waals surface area contributed by atoms with Crippen LogP contribution in [0.3, 0.4) is 0 Å². The van der Waals surface area contributed by atoms with Crippen LogP contribution in [0.4, 0.5) is 0 Å². The molecule has 0 aromatic heterocycles. The molecule has 1 N–H and O–H groups in total. The van der Waals surface area contributed by atoms with Gasteiger partial charge in [-0.3, -0.25) is 9.59 Å². The molecule has 0 fully saturated rings. The molecular formula is C23H21NO4. The Morgan fingerprint density at radius 2 is 1.32 bits per heavy atom. The first-order chi connectivity index (χ1) is 13.6. The summed E-state index contributed by atoms with van der Waals surface area (Å²) >= 11 is 0. The monoisotopic (exact) mass is 375 g/mol. The van der Waals surface area contributed by atoms with Crippen LogP contribution in [0.5, 0.6) is 17.2 Å². The largest absolute Gasteiger partial charge is 0.457 e. The molecule has 142 valence electrons. The van der Waals surface area contributed by atoms with Crippen LogP contribution in [0.25, 0.3) is 0 Å². The third-order valence-electron chi connectivity index (χ3n) is 3.98. The second-order valence-electron chi connectivity index (χ2n) is 6.23. The molecule has 0 heterocycles. The zero-order chi connectivity index (χ0) is 19.8. The van der Waals surface area contributed by atoms with E-state index in [1.807, 2.05) is 60.7 Å². The average molecular weight is 375 g/mol. The Hall–Kier alpha value is -3.60. The number of carbonyl (C=O) groups is 2.